The van der Waals surface area contributed by atoms with Crippen molar-refractivity contribution in [3.63, 3.8) is 0 Å². The Balaban J connectivity index is 1.29. The second-order valence-electron chi connectivity index (χ2n) is 7.36. The van der Waals surface area contributed by atoms with E-state index in [4.69, 9.17) is 13.9 Å². The maximum Gasteiger partial charge on any atom is 0.410 e. The van der Waals surface area contributed by atoms with E-state index in [1.807, 2.05) is 49.4 Å². The molecule has 1 aromatic heterocycles. The number of para-hydroxylation sites is 1. The number of ether oxygens (including phenoxy) is 2. The van der Waals surface area contributed by atoms with Gasteiger partial charge in [0.1, 0.15) is 36.2 Å². The summed E-state index contributed by atoms with van der Waals surface area (Å²) in [4.78, 5) is 14.7. The highest BCUT2D eigenvalue weighted by Crippen LogP contribution is 2.31. The molecule has 4 rings (SSSR count). The van der Waals surface area contributed by atoms with Gasteiger partial charge in [0.25, 0.3) is 0 Å². The molecule has 1 aliphatic heterocycles. The first-order valence-electron chi connectivity index (χ1n) is 10.1. The van der Waals surface area contributed by atoms with E-state index in [1.54, 1.807) is 4.90 Å². The molecule has 2 aromatic carbocycles. The molecule has 1 atom stereocenters. The Bertz CT molecular complexity index is 978. The normalized spacial score (nSPS) is 16.3. The van der Waals surface area contributed by atoms with Crippen molar-refractivity contribution in [2.75, 3.05) is 45.9 Å². The molecule has 0 bridgehead atoms. The second kappa shape index (κ2) is 8.71. The highest BCUT2D eigenvalue weighted by atomic mass is 16.6. The predicted octanol–water partition coefficient (Wildman–Crippen LogP) is 1.68. The molecule has 0 radical (unpaired) electrons. The smallest absolute Gasteiger partial charge is 0.410 e. The minimum atomic E-state index is -0.573. The fraction of sp³-hybridized carbons (Fsp3) is 0.409. The highest BCUT2D eigenvalue weighted by molar-refractivity contribution is 6.05. The van der Waals surface area contributed by atoms with Crippen molar-refractivity contribution in [2.24, 2.45) is 0 Å². The van der Waals surface area contributed by atoms with Gasteiger partial charge >= 0.3 is 6.09 Å². The van der Waals surface area contributed by atoms with Gasteiger partial charge < -0.3 is 23.9 Å². The largest absolute Gasteiger partial charge is 0.491 e. The maximum atomic E-state index is 11.8. The van der Waals surface area contributed by atoms with Crippen LogP contribution in [0.2, 0.25) is 0 Å². The van der Waals surface area contributed by atoms with Gasteiger partial charge in [-0.3, -0.25) is 4.90 Å². The van der Waals surface area contributed by atoms with Crippen molar-refractivity contribution >= 4 is 28.0 Å². The average Bonchev–Trinajstić information content (AvgIpc) is 3.11. The Hall–Kier alpha value is -2.77. The second-order valence-corrected chi connectivity index (χ2v) is 7.36. The average molecular weight is 399 g/mol. The SMILES string of the molecule is CCOC(=O)N1CC[NH+](C[C@@H](O)COc2ccc3oc4ccccc4c3c2)CC1. The van der Waals surface area contributed by atoms with E-state index in [9.17, 15) is 9.90 Å². The van der Waals surface area contributed by atoms with E-state index in [-0.39, 0.29) is 12.7 Å². The van der Waals surface area contributed by atoms with Gasteiger partial charge in [0.2, 0.25) is 0 Å². The predicted molar refractivity (Wildman–Crippen MR) is 109 cm³/mol. The van der Waals surface area contributed by atoms with Gasteiger partial charge in [-0.25, -0.2) is 4.79 Å². The Morgan fingerprint density at radius 3 is 2.72 bits per heavy atom. The van der Waals surface area contributed by atoms with E-state index in [0.717, 1.165) is 35.0 Å². The number of hydrogen-bond acceptors (Lipinski definition) is 5. The number of amides is 1. The molecule has 154 valence electrons. The molecule has 0 unspecified atom stereocenters. The number of nitrogens with one attached hydrogen (secondary N) is 1. The lowest BCUT2D eigenvalue weighted by atomic mass is 10.1. The van der Waals surface area contributed by atoms with Crippen LogP contribution < -0.4 is 9.64 Å². The van der Waals surface area contributed by atoms with Crippen LogP contribution in [-0.4, -0.2) is 68.1 Å². The van der Waals surface area contributed by atoms with Crippen LogP contribution in [0, 0.1) is 0 Å². The van der Waals surface area contributed by atoms with Crippen LogP contribution in [0.3, 0.4) is 0 Å². The van der Waals surface area contributed by atoms with E-state index in [0.29, 0.717) is 32.0 Å². The van der Waals surface area contributed by atoms with E-state index < -0.39 is 6.10 Å². The third kappa shape index (κ3) is 4.46. The first kappa shape index (κ1) is 19.5. The number of nitrogens with zero attached hydrogens (tertiary/aromatic N) is 1. The summed E-state index contributed by atoms with van der Waals surface area (Å²) in [5, 5.41) is 12.5. The van der Waals surface area contributed by atoms with E-state index >= 15 is 0 Å². The van der Waals surface area contributed by atoms with Crippen molar-refractivity contribution in [3.8, 4) is 5.75 Å². The number of carbonyl (C=O) groups excluding carboxylic acids is 1. The lowest BCUT2D eigenvalue weighted by Gasteiger charge is -2.32. The summed E-state index contributed by atoms with van der Waals surface area (Å²) >= 11 is 0. The van der Waals surface area contributed by atoms with Crippen LogP contribution in [0.15, 0.2) is 46.9 Å². The van der Waals surface area contributed by atoms with Crippen LogP contribution in [0.25, 0.3) is 21.9 Å². The molecule has 3 aromatic rings. The monoisotopic (exact) mass is 399 g/mol. The number of rotatable bonds is 6. The molecule has 1 amide bonds. The van der Waals surface area contributed by atoms with Gasteiger partial charge in [0.15, 0.2) is 0 Å². The molecule has 7 nitrogen and oxygen atoms in total. The summed E-state index contributed by atoms with van der Waals surface area (Å²) in [6.45, 7) is 5.90. The molecule has 2 N–H and O–H groups in total. The molecule has 29 heavy (non-hydrogen) atoms. The number of aliphatic hydroxyl groups is 1. The lowest BCUT2D eigenvalue weighted by molar-refractivity contribution is -0.907. The summed E-state index contributed by atoms with van der Waals surface area (Å²) in [6, 6.07) is 13.6. The zero-order chi connectivity index (χ0) is 20.2. The van der Waals surface area contributed by atoms with Gasteiger partial charge in [0.05, 0.1) is 32.8 Å². The van der Waals surface area contributed by atoms with Crippen molar-refractivity contribution in [1.29, 1.82) is 0 Å². The number of aliphatic hydroxyl groups excluding tert-OH is 1. The quantitative estimate of drug-likeness (QED) is 0.660. The third-order valence-electron chi connectivity index (χ3n) is 5.31. The molecule has 2 heterocycles. The number of hydrogen-bond donors (Lipinski definition) is 2. The summed E-state index contributed by atoms with van der Waals surface area (Å²) in [7, 11) is 0. The first-order chi connectivity index (χ1) is 14.1. The van der Waals surface area contributed by atoms with Gasteiger partial charge in [-0.15, -0.1) is 0 Å². The molecule has 1 aliphatic rings. The molecular weight excluding hydrogens is 372 g/mol. The van der Waals surface area contributed by atoms with E-state index in [1.165, 1.54) is 4.90 Å². The standard InChI is InChI=1S/C22H26N2O5/c1-2-27-22(26)24-11-9-23(10-12-24)14-16(25)15-28-17-7-8-21-19(13-17)18-5-3-4-6-20(18)29-21/h3-8,13,16,25H,2,9-12,14-15H2,1H3/p+1/t16-/m1/s1. The van der Waals surface area contributed by atoms with Crippen LogP contribution in [0.4, 0.5) is 4.79 Å². The van der Waals surface area contributed by atoms with Gasteiger partial charge in [-0.1, -0.05) is 18.2 Å². The lowest BCUT2D eigenvalue weighted by Crippen LogP contribution is -3.16. The van der Waals surface area contributed by atoms with Crippen LogP contribution in [-0.2, 0) is 4.74 Å². The Morgan fingerprint density at radius 1 is 1.17 bits per heavy atom. The van der Waals surface area contributed by atoms with Crippen molar-refractivity contribution in [2.45, 2.75) is 13.0 Å². The maximum absolute atomic E-state index is 11.8. The van der Waals surface area contributed by atoms with Crippen molar-refractivity contribution < 1.29 is 28.7 Å². The Kier molecular flexibility index (Phi) is 5.87. The van der Waals surface area contributed by atoms with Gasteiger partial charge in [-0.05, 0) is 31.2 Å². The van der Waals surface area contributed by atoms with Gasteiger partial charge in [0, 0.05) is 10.8 Å². The first-order valence-corrected chi connectivity index (χ1v) is 10.1. The summed E-state index contributed by atoms with van der Waals surface area (Å²) in [5.41, 5.74) is 1.67. The van der Waals surface area contributed by atoms with Crippen LogP contribution >= 0.6 is 0 Å². The topological polar surface area (TPSA) is 76.6 Å². The highest BCUT2D eigenvalue weighted by Gasteiger charge is 2.26. The zero-order valence-corrected chi connectivity index (χ0v) is 16.6. The summed E-state index contributed by atoms with van der Waals surface area (Å²) in [6.07, 6.45) is -0.825. The number of quaternary nitrogens is 1. The molecule has 1 saturated heterocycles. The fourth-order valence-corrected chi connectivity index (χ4v) is 3.80. The van der Waals surface area contributed by atoms with Crippen LogP contribution in [0.5, 0.6) is 5.75 Å². The van der Waals surface area contributed by atoms with Crippen molar-refractivity contribution in [1.82, 2.24) is 4.90 Å². The van der Waals surface area contributed by atoms with Crippen molar-refractivity contribution in [3.05, 3.63) is 42.5 Å². The summed E-state index contributed by atoms with van der Waals surface area (Å²) < 4.78 is 16.7. The molecule has 1 fully saturated rings. The van der Waals surface area contributed by atoms with Crippen LogP contribution in [0.1, 0.15) is 6.92 Å². The summed E-state index contributed by atoms with van der Waals surface area (Å²) in [5.74, 6) is 0.713. The number of furan rings is 1. The molecule has 0 aliphatic carbocycles. The van der Waals surface area contributed by atoms with E-state index in [2.05, 4.69) is 0 Å². The number of fused-ring (bicyclic) bond motifs is 3. The van der Waals surface area contributed by atoms with Gasteiger partial charge in [-0.2, -0.15) is 0 Å². The molecule has 0 spiro atoms. The third-order valence-corrected chi connectivity index (χ3v) is 5.31. The minimum Gasteiger partial charge on any atom is -0.491 e. The Labute approximate surface area is 169 Å². The molecule has 7 heteroatoms. The number of carbonyl (C=O) groups is 1. The zero-order valence-electron chi connectivity index (χ0n) is 16.6. The number of benzene rings is 2. The number of piperazine rings is 1. The minimum absolute atomic E-state index is 0.229. The Morgan fingerprint density at radius 2 is 1.93 bits per heavy atom. The molecule has 0 saturated carbocycles. The molecular formula is C22H27N2O5+. The fourth-order valence-electron chi connectivity index (χ4n) is 3.80.